The van der Waals surface area contributed by atoms with Crippen LogP contribution in [0, 0.1) is 0 Å². The van der Waals surface area contributed by atoms with Crippen molar-refractivity contribution in [3.63, 3.8) is 0 Å². The summed E-state index contributed by atoms with van der Waals surface area (Å²) < 4.78 is 11.7. The number of rotatable bonds is 6. The van der Waals surface area contributed by atoms with Gasteiger partial charge in [0.1, 0.15) is 12.4 Å². The van der Waals surface area contributed by atoms with Gasteiger partial charge in [-0.3, -0.25) is 0 Å². The summed E-state index contributed by atoms with van der Waals surface area (Å²) in [5.41, 5.74) is 0.863. The third-order valence-corrected chi connectivity index (χ3v) is 3.22. The van der Waals surface area contributed by atoms with Crippen molar-refractivity contribution in [1.29, 1.82) is 0 Å². The Morgan fingerprint density at radius 2 is 2.26 bits per heavy atom. The molecule has 0 aliphatic carbocycles. The monoisotopic (exact) mass is 344 g/mol. The highest BCUT2D eigenvalue weighted by Gasteiger charge is 2.07. The summed E-state index contributed by atoms with van der Waals surface area (Å²) in [5, 5.41) is 7.68. The van der Waals surface area contributed by atoms with Gasteiger partial charge in [-0.05, 0) is 24.7 Å². The van der Waals surface area contributed by atoms with Crippen molar-refractivity contribution < 1.29 is 9.26 Å². The smallest absolute Gasteiger partial charge is 0.174 e. The van der Waals surface area contributed by atoms with E-state index in [2.05, 4.69) is 26.4 Å². The van der Waals surface area contributed by atoms with E-state index in [1.165, 1.54) is 0 Å². The van der Waals surface area contributed by atoms with Crippen LogP contribution < -0.4 is 10.1 Å². The molecule has 0 spiro atoms. The van der Waals surface area contributed by atoms with Gasteiger partial charge in [0.05, 0.1) is 10.7 Å². The first-order valence-electron chi connectivity index (χ1n) is 5.92. The van der Waals surface area contributed by atoms with E-state index in [9.17, 15) is 0 Å². The second-order valence-electron chi connectivity index (χ2n) is 3.93. The Bertz CT molecular complexity index is 545. The van der Waals surface area contributed by atoms with E-state index in [4.69, 9.17) is 20.9 Å². The van der Waals surface area contributed by atoms with Gasteiger partial charge >= 0.3 is 0 Å². The first kappa shape index (κ1) is 14.4. The third-order valence-electron chi connectivity index (χ3n) is 2.43. The van der Waals surface area contributed by atoms with E-state index in [1.807, 2.05) is 25.1 Å². The lowest BCUT2D eigenvalue weighted by Crippen LogP contribution is -2.11. The molecule has 6 heteroatoms. The summed E-state index contributed by atoms with van der Waals surface area (Å²) in [5.74, 6) is 1.29. The van der Waals surface area contributed by atoms with Gasteiger partial charge in [-0.25, -0.2) is 0 Å². The van der Waals surface area contributed by atoms with Crippen molar-refractivity contribution >= 4 is 27.5 Å². The van der Waals surface area contributed by atoms with Crippen LogP contribution in [0.1, 0.15) is 18.4 Å². The molecule has 102 valence electrons. The van der Waals surface area contributed by atoms with E-state index in [0.29, 0.717) is 29.7 Å². The molecule has 0 saturated heterocycles. The van der Waals surface area contributed by atoms with Gasteiger partial charge < -0.3 is 14.6 Å². The minimum Gasteiger partial charge on any atom is -0.484 e. The van der Waals surface area contributed by atoms with Crippen LogP contribution in [0.4, 0.5) is 0 Å². The van der Waals surface area contributed by atoms with Gasteiger partial charge in [0.2, 0.25) is 0 Å². The average molecular weight is 346 g/mol. The largest absolute Gasteiger partial charge is 0.484 e. The summed E-state index contributed by atoms with van der Waals surface area (Å²) in [6, 6.07) is 7.34. The minimum atomic E-state index is 0.306. The minimum absolute atomic E-state index is 0.306. The molecular weight excluding hydrogens is 332 g/mol. The molecular formula is C13H14BrClN2O2. The van der Waals surface area contributed by atoms with Crippen molar-refractivity contribution in [3.8, 4) is 5.75 Å². The van der Waals surface area contributed by atoms with Crippen LogP contribution in [0.3, 0.4) is 0 Å². The molecule has 0 fully saturated rings. The molecule has 0 aliphatic heterocycles. The van der Waals surface area contributed by atoms with Gasteiger partial charge in [-0.2, -0.15) is 0 Å². The van der Waals surface area contributed by atoms with E-state index >= 15 is 0 Å². The number of benzene rings is 1. The van der Waals surface area contributed by atoms with Crippen molar-refractivity contribution in [3.05, 3.63) is 45.2 Å². The van der Waals surface area contributed by atoms with Crippen molar-refractivity contribution in [2.45, 2.75) is 20.1 Å². The number of aromatic nitrogens is 1. The van der Waals surface area contributed by atoms with Gasteiger partial charge in [0.15, 0.2) is 5.76 Å². The molecule has 0 amide bonds. The van der Waals surface area contributed by atoms with Crippen LogP contribution in [0.5, 0.6) is 5.75 Å². The highest BCUT2D eigenvalue weighted by Crippen LogP contribution is 2.28. The van der Waals surface area contributed by atoms with E-state index < -0.39 is 0 Å². The van der Waals surface area contributed by atoms with Crippen LogP contribution >= 0.6 is 27.5 Å². The van der Waals surface area contributed by atoms with Gasteiger partial charge in [0.25, 0.3) is 0 Å². The maximum atomic E-state index is 6.06. The molecule has 0 bridgehead atoms. The zero-order valence-electron chi connectivity index (χ0n) is 10.5. The number of ether oxygens (including phenoxy) is 1. The molecule has 19 heavy (non-hydrogen) atoms. The first-order chi connectivity index (χ1) is 9.19. The summed E-state index contributed by atoms with van der Waals surface area (Å²) in [6.07, 6.45) is 0. The fraction of sp³-hybridized carbons (Fsp3) is 0.308. The Balaban J connectivity index is 1.92. The lowest BCUT2D eigenvalue weighted by atomic mass is 10.3. The molecule has 1 aromatic carbocycles. The van der Waals surface area contributed by atoms with Crippen LogP contribution in [0.15, 0.2) is 33.3 Å². The summed E-state index contributed by atoms with van der Waals surface area (Å²) in [7, 11) is 0. The van der Waals surface area contributed by atoms with Gasteiger partial charge in [-0.15, -0.1) is 0 Å². The van der Waals surface area contributed by atoms with Crippen LogP contribution in [0.25, 0.3) is 0 Å². The Hall–Kier alpha value is -1.04. The maximum Gasteiger partial charge on any atom is 0.174 e. The predicted molar refractivity (Wildman–Crippen MR) is 77.4 cm³/mol. The average Bonchev–Trinajstić information content (AvgIpc) is 2.83. The molecule has 1 N–H and O–H groups in total. The molecule has 2 rings (SSSR count). The van der Waals surface area contributed by atoms with Crippen LogP contribution in [-0.2, 0) is 13.2 Å². The quantitative estimate of drug-likeness (QED) is 0.865. The fourth-order valence-electron chi connectivity index (χ4n) is 1.50. The first-order valence-corrected chi connectivity index (χ1v) is 7.09. The number of hydrogen-bond acceptors (Lipinski definition) is 4. The molecule has 0 radical (unpaired) electrons. The Morgan fingerprint density at radius 3 is 3.00 bits per heavy atom. The predicted octanol–water partition coefficient (Wildman–Crippen LogP) is 3.78. The second kappa shape index (κ2) is 6.93. The zero-order chi connectivity index (χ0) is 13.7. The Labute approximate surface area is 125 Å². The highest BCUT2D eigenvalue weighted by atomic mass is 79.9. The maximum absolute atomic E-state index is 6.06. The molecule has 1 aromatic heterocycles. The number of halogens is 2. The number of hydrogen-bond donors (Lipinski definition) is 1. The molecule has 4 nitrogen and oxygen atoms in total. The standard InChI is InChI=1S/C13H14BrClN2O2/c1-2-16-7-10-6-11(19-17-10)8-18-13-4-3-9(14)5-12(13)15/h3-6,16H,2,7-8H2,1H3. The van der Waals surface area contributed by atoms with Crippen LogP contribution in [-0.4, -0.2) is 11.7 Å². The van der Waals surface area contributed by atoms with E-state index in [1.54, 1.807) is 6.07 Å². The summed E-state index contributed by atoms with van der Waals surface area (Å²) in [6.45, 7) is 3.94. The molecule has 0 unspecified atom stereocenters. The normalized spacial score (nSPS) is 10.7. The van der Waals surface area contributed by atoms with Crippen molar-refractivity contribution in [2.24, 2.45) is 0 Å². The lowest BCUT2D eigenvalue weighted by molar-refractivity contribution is 0.248. The van der Waals surface area contributed by atoms with Gasteiger partial charge in [0, 0.05) is 17.1 Å². The zero-order valence-corrected chi connectivity index (χ0v) is 12.8. The van der Waals surface area contributed by atoms with Crippen LogP contribution in [0.2, 0.25) is 5.02 Å². The van der Waals surface area contributed by atoms with E-state index in [-0.39, 0.29) is 0 Å². The second-order valence-corrected chi connectivity index (χ2v) is 5.25. The molecule has 0 atom stereocenters. The van der Waals surface area contributed by atoms with Crippen molar-refractivity contribution in [1.82, 2.24) is 10.5 Å². The molecule has 2 aromatic rings. The molecule has 0 aliphatic rings. The summed E-state index contributed by atoms with van der Waals surface area (Å²) >= 11 is 9.40. The molecule has 1 heterocycles. The SMILES string of the molecule is CCNCc1cc(COc2ccc(Br)cc2Cl)on1. The van der Waals surface area contributed by atoms with E-state index in [0.717, 1.165) is 16.7 Å². The lowest BCUT2D eigenvalue weighted by Gasteiger charge is -2.05. The third kappa shape index (κ3) is 4.23. The number of nitrogens with one attached hydrogen (secondary N) is 1. The fourth-order valence-corrected chi connectivity index (χ4v) is 2.23. The Morgan fingerprint density at radius 1 is 1.42 bits per heavy atom. The topological polar surface area (TPSA) is 47.3 Å². The summed E-state index contributed by atoms with van der Waals surface area (Å²) in [4.78, 5) is 0. The van der Waals surface area contributed by atoms with Gasteiger partial charge in [-0.1, -0.05) is 39.6 Å². The van der Waals surface area contributed by atoms with Crippen molar-refractivity contribution in [2.75, 3.05) is 6.54 Å². The number of nitrogens with zero attached hydrogens (tertiary/aromatic N) is 1. The highest BCUT2D eigenvalue weighted by molar-refractivity contribution is 9.10. The molecule has 0 saturated carbocycles. The Kier molecular flexibility index (Phi) is 5.24.